The summed E-state index contributed by atoms with van der Waals surface area (Å²) in [5.41, 5.74) is 6.85. The Balaban J connectivity index is 1.91. The van der Waals surface area contributed by atoms with E-state index in [9.17, 15) is 4.79 Å². The van der Waals surface area contributed by atoms with Gasteiger partial charge in [0.15, 0.2) is 0 Å². The highest BCUT2D eigenvalue weighted by Crippen LogP contribution is 2.37. The minimum Gasteiger partial charge on any atom is -0.376 e. The quantitative estimate of drug-likeness (QED) is 0.720. The van der Waals surface area contributed by atoms with E-state index in [1.165, 1.54) is 0 Å². The van der Waals surface area contributed by atoms with Crippen LogP contribution in [-0.4, -0.2) is 30.7 Å². The first-order valence-electron chi connectivity index (χ1n) is 6.50. The minimum atomic E-state index is -0.0140. The van der Waals surface area contributed by atoms with Crippen LogP contribution in [0.2, 0.25) is 0 Å². The molecule has 0 aromatic carbocycles. The smallest absolute Gasteiger partial charge is 0.246 e. The molecular weight excluding hydrogens is 216 g/mol. The number of carbonyl (C=O) groups is 1. The molecule has 96 valence electrons. The predicted octanol–water partition coefficient (Wildman–Crippen LogP) is 0.964. The SMILES string of the molecule is CCC=C(C)C(=O)NC1C(N)C2CCCOC21. The Bertz CT molecular complexity index is 327. The van der Waals surface area contributed by atoms with Crippen molar-refractivity contribution in [3.8, 4) is 0 Å². The predicted molar refractivity (Wildman–Crippen MR) is 66.4 cm³/mol. The van der Waals surface area contributed by atoms with Gasteiger partial charge in [-0.15, -0.1) is 0 Å². The van der Waals surface area contributed by atoms with Gasteiger partial charge in [0.1, 0.15) is 0 Å². The van der Waals surface area contributed by atoms with Crippen LogP contribution in [0.3, 0.4) is 0 Å². The first-order valence-corrected chi connectivity index (χ1v) is 6.50. The van der Waals surface area contributed by atoms with Crippen LogP contribution in [0.5, 0.6) is 0 Å². The minimum absolute atomic E-state index is 0.00648. The number of allylic oxidation sites excluding steroid dienone is 1. The molecule has 0 bridgehead atoms. The number of hydrogen-bond donors (Lipinski definition) is 2. The third-order valence-electron chi connectivity index (χ3n) is 3.84. The van der Waals surface area contributed by atoms with Crippen molar-refractivity contribution < 1.29 is 9.53 Å². The van der Waals surface area contributed by atoms with Gasteiger partial charge < -0.3 is 15.8 Å². The first kappa shape index (κ1) is 12.6. The fourth-order valence-electron chi connectivity index (χ4n) is 2.79. The van der Waals surface area contributed by atoms with Gasteiger partial charge in [0, 0.05) is 24.1 Å². The highest BCUT2D eigenvalue weighted by atomic mass is 16.5. The Morgan fingerprint density at radius 3 is 3.06 bits per heavy atom. The number of fused-ring (bicyclic) bond motifs is 1. The van der Waals surface area contributed by atoms with Crippen LogP contribution in [0, 0.1) is 5.92 Å². The van der Waals surface area contributed by atoms with E-state index in [1.54, 1.807) is 0 Å². The molecular formula is C13H22N2O2. The Kier molecular flexibility index (Phi) is 3.84. The summed E-state index contributed by atoms with van der Waals surface area (Å²) in [6.45, 7) is 4.65. The Morgan fingerprint density at radius 2 is 2.35 bits per heavy atom. The molecule has 17 heavy (non-hydrogen) atoms. The molecule has 2 aliphatic rings. The van der Waals surface area contributed by atoms with Crippen molar-refractivity contribution in [3.05, 3.63) is 11.6 Å². The lowest BCUT2D eigenvalue weighted by Crippen LogP contribution is -2.72. The molecule has 0 radical (unpaired) electrons. The van der Waals surface area contributed by atoms with E-state index in [0.717, 1.165) is 31.4 Å². The number of hydrogen-bond acceptors (Lipinski definition) is 3. The molecule has 1 amide bonds. The molecule has 1 saturated heterocycles. The van der Waals surface area contributed by atoms with Crippen LogP contribution < -0.4 is 11.1 Å². The van der Waals surface area contributed by atoms with E-state index in [2.05, 4.69) is 5.32 Å². The van der Waals surface area contributed by atoms with E-state index in [4.69, 9.17) is 10.5 Å². The van der Waals surface area contributed by atoms with Gasteiger partial charge in [-0.1, -0.05) is 13.0 Å². The monoisotopic (exact) mass is 238 g/mol. The maximum Gasteiger partial charge on any atom is 0.246 e. The molecule has 4 nitrogen and oxygen atoms in total. The molecule has 2 fully saturated rings. The molecule has 3 N–H and O–H groups in total. The average molecular weight is 238 g/mol. The van der Waals surface area contributed by atoms with Gasteiger partial charge in [-0.05, 0) is 26.2 Å². The van der Waals surface area contributed by atoms with E-state index < -0.39 is 0 Å². The van der Waals surface area contributed by atoms with E-state index in [-0.39, 0.29) is 24.1 Å². The van der Waals surface area contributed by atoms with Gasteiger partial charge in [0.2, 0.25) is 5.91 Å². The van der Waals surface area contributed by atoms with Crippen molar-refractivity contribution >= 4 is 5.91 Å². The van der Waals surface area contributed by atoms with E-state index >= 15 is 0 Å². The molecule has 4 unspecified atom stereocenters. The van der Waals surface area contributed by atoms with Crippen molar-refractivity contribution in [2.75, 3.05) is 6.61 Å². The maximum atomic E-state index is 11.9. The summed E-state index contributed by atoms with van der Waals surface area (Å²) in [5.74, 6) is 0.421. The fraction of sp³-hybridized carbons (Fsp3) is 0.769. The third-order valence-corrected chi connectivity index (χ3v) is 3.84. The summed E-state index contributed by atoms with van der Waals surface area (Å²) in [7, 11) is 0. The van der Waals surface area contributed by atoms with Crippen molar-refractivity contribution in [2.24, 2.45) is 11.7 Å². The molecule has 0 spiro atoms. The van der Waals surface area contributed by atoms with Crippen LogP contribution in [-0.2, 0) is 9.53 Å². The Hall–Kier alpha value is -0.870. The number of nitrogens with two attached hydrogens (primary N) is 1. The van der Waals surface area contributed by atoms with Crippen molar-refractivity contribution in [1.82, 2.24) is 5.32 Å². The van der Waals surface area contributed by atoms with E-state index in [0.29, 0.717) is 5.92 Å². The summed E-state index contributed by atoms with van der Waals surface area (Å²) in [5, 5.41) is 2.99. The highest BCUT2D eigenvalue weighted by molar-refractivity contribution is 5.93. The Labute approximate surface area is 103 Å². The van der Waals surface area contributed by atoms with Crippen molar-refractivity contribution in [1.29, 1.82) is 0 Å². The second-order valence-electron chi connectivity index (χ2n) is 5.01. The molecule has 1 heterocycles. The van der Waals surface area contributed by atoms with Crippen molar-refractivity contribution in [2.45, 2.75) is 51.3 Å². The Morgan fingerprint density at radius 1 is 1.59 bits per heavy atom. The van der Waals surface area contributed by atoms with Crippen LogP contribution in [0.15, 0.2) is 11.6 Å². The third kappa shape index (κ3) is 2.38. The second-order valence-corrected chi connectivity index (χ2v) is 5.01. The van der Waals surface area contributed by atoms with Gasteiger partial charge >= 0.3 is 0 Å². The topological polar surface area (TPSA) is 64.4 Å². The molecule has 4 heteroatoms. The standard InChI is InChI=1S/C13H22N2O2/c1-3-5-8(2)13(16)15-11-10(14)9-6-4-7-17-12(9)11/h5,9-12H,3-4,6-7,14H2,1-2H3,(H,15,16). The molecule has 1 aliphatic carbocycles. The lowest BCUT2D eigenvalue weighted by atomic mass is 9.68. The van der Waals surface area contributed by atoms with Crippen LogP contribution in [0.1, 0.15) is 33.1 Å². The van der Waals surface area contributed by atoms with Crippen molar-refractivity contribution in [3.63, 3.8) is 0 Å². The number of carbonyl (C=O) groups excluding carboxylic acids is 1. The summed E-state index contributed by atoms with van der Waals surface area (Å²) in [4.78, 5) is 11.9. The highest BCUT2D eigenvalue weighted by Gasteiger charge is 2.51. The van der Waals surface area contributed by atoms with E-state index in [1.807, 2.05) is 19.9 Å². The summed E-state index contributed by atoms with van der Waals surface area (Å²) in [6, 6.07) is 0.0479. The van der Waals surface area contributed by atoms with Crippen LogP contribution >= 0.6 is 0 Å². The zero-order valence-corrected chi connectivity index (χ0v) is 10.6. The lowest BCUT2D eigenvalue weighted by molar-refractivity contribution is -0.136. The molecule has 0 aromatic rings. The largest absolute Gasteiger partial charge is 0.376 e. The number of rotatable bonds is 3. The normalized spacial score (nSPS) is 37.0. The summed E-state index contributed by atoms with van der Waals surface area (Å²) >= 11 is 0. The van der Waals surface area contributed by atoms with Crippen LogP contribution in [0.25, 0.3) is 0 Å². The number of ether oxygens (including phenoxy) is 1. The molecule has 2 rings (SSSR count). The molecule has 1 aliphatic heterocycles. The number of amides is 1. The fourth-order valence-corrected chi connectivity index (χ4v) is 2.79. The lowest BCUT2D eigenvalue weighted by Gasteiger charge is -2.52. The average Bonchev–Trinajstić information content (AvgIpc) is 2.35. The van der Waals surface area contributed by atoms with Gasteiger partial charge in [-0.25, -0.2) is 0 Å². The molecule has 4 atom stereocenters. The first-order chi connectivity index (χ1) is 8.15. The van der Waals surface area contributed by atoms with Gasteiger partial charge in [-0.3, -0.25) is 4.79 Å². The van der Waals surface area contributed by atoms with Gasteiger partial charge in [-0.2, -0.15) is 0 Å². The molecule has 0 aromatic heterocycles. The van der Waals surface area contributed by atoms with Gasteiger partial charge in [0.25, 0.3) is 0 Å². The summed E-state index contributed by atoms with van der Waals surface area (Å²) < 4.78 is 5.69. The zero-order valence-electron chi connectivity index (χ0n) is 10.6. The van der Waals surface area contributed by atoms with Crippen LogP contribution in [0.4, 0.5) is 0 Å². The zero-order chi connectivity index (χ0) is 12.4. The maximum absolute atomic E-state index is 11.9. The second kappa shape index (κ2) is 5.19. The van der Waals surface area contributed by atoms with Gasteiger partial charge in [0.05, 0.1) is 12.1 Å². The summed E-state index contributed by atoms with van der Waals surface area (Å²) in [6.07, 6.45) is 5.15. The number of nitrogens with one attached hydrogen (secondary N) is 1. The molecule has 1 saturated carbocycles.